The molecule has 1 aliphatic carbocycles. The molecule has 106 valence electrons. The van der Waals surface area contributed by atoms with Gasteiger partial charge in [0.2, 0.25) is 0 Å². The fourth-order valence-corrected chi connectivity index (χ4v) is 4.87. The Morgan fingerprint density at radius 1 is 1.58 bits per heavy atom. The van der Waals surface area contributed by atoms with E-state index in [4.69, 9.17) is 18.0 Å². The number of rotatable bonds is 5. The van der Waals surface area contributed by atoms with E-state index >= 15 is 0 Å². The van der Waals surface area contributed by atoms with Gasteiger partial charge in [-0.1, -0.05) is 12.2 Å². The van der Waals surface area contributed by atoms with E-state index in [2.05, 4.69) is 0 Å². The van der Waals surface area contributed by atoms with Crippen molar-refractivity contribution in [3.8, 4) is 0 Å². The van der Waals surface area contributed by atoms with Gasteiger partial charge < -0.3 is 10.8 Å². The molecule has 2 rings (SSSR count). The summed E-state index contributed by atoms with van der Waals surface area (Å²) < 4.78 is 26.2. The molecular weight excluding hydrogens is 304 g/mol. The summed E-state index contributed by atoms with van der Waals surface area (Å²) in [7, 11) is -1.93. The largest absolute Gasteiger partial charge is 0.393 e. The molecule has 0 atom stereocenters. The zero-order valence-corrected chi connectivity index (χ0v) is 12.9. The Kier molecular flexibility index (Phi) is 4.26. The van der Waals surface area contributed by atoms with E-state index in [0.29, 0.717) is 24.3 Å². The van der Waals surface area contributed by atoms with Crippen molar-refractivity contribution in [2.45, 2.75) is 23.2 Å². The van der Waals surface area contributed by atoms with Gasteiger partial charge in [0.15, 0.2) is 0 Å². The van der Waals surface area contributed by atoms with Crippen LogP contribution in [0.1, 0.15) is 17.7 Å². The van der Waals surface area contributed by atoms with E-state index in [1.54, 1.807) is 13.1 Å². The lowest BCUT2D eigenvalue weighted by atomic mass is 9.82. The molecule has 1 aromatic heterocycles. The van der Waals surface area contributed by atoms with E-state index in [1.165, 1.54) is 10.4 Å². The number of thiocarbonyl (C=S) groups is 1. The maximum absolute atomic E-state index is 12.3. The molecule has 1 heterocycles. The molecule has 1 aromatic rings. The number of aliphatic hydroxyl groups excluding tert-OH is 1. The molecule has 1 aliphatic rings. The third kappa shape index (κ3) is 3.14. The highest BCUT2D eigenvalue weighted by atomic mass is 32.2. The lowest BCUT2D eigenvalue weighted by Gasteiger charge is -2.33. The number of hydrogen-bond donors (Lipinski definition) is 2. The van der Waals surface area contributed by atoms with Gasteiger partial charge in [0.1, 0.15) is 9.20 Å². The van der Waals surface area contributed by atoms with Crippen molar-refractivity contribution in [2.75, 3.05) is 13.6 Å². The summed E-state index contributed by atoms with van der Waals surface area (Å²) in [6.45, 7) is 0.430. The zero-order valence-electron chi connectivity index (χ0n) is 10.4. The summed E-state index contributed by atoms with van der Waals surface area (Å²) in [5, 5.41) is 9.22. The van der Waals surface area contributed by atoms with Gasteiger partial charge in [-0.2, -0.15) is 4.31 Å². The fraction of sp³-hybridized carbons (Fsp3) is 0.545. The van der Waals surface area contributed by atoms with Crippen molar-refractivity contribution >= 4 is 38.6 Å². The molecule has 19 heavy (non-hydrogen) atoms. The van der Waals surface area contributed by atoms with Crippen molar-refractivity contribution < 1.29 is 13.5 Å². The molecule has 0 saturated heterocycles. The predicted octanol–water partition coefficient (Wildman–Crippen LogP) is 0.774. The number of sulfonamides is 1. The van der Waals surface area contributed by atoms with E-state index in [-0.39, 0.29) is 21.2 Å². The highest BCUT2D eigenvalue weighted by molar-refractivity contribution is 7.91. The van der Waals surface area contributed by atoms with E-state index in [1.807, 2.05) is 0 Å². The van der Waals surface area contributed by atoms with Gasteiger partial charge in [0.25, 0.3) is 10.0 Å². The number of nitrogens with zero attached hydrogens (tertiary/aromatic N) is 1. The van der Waals surface area contributed by atoms with Gasteiger partial charge in [-0.25, -0.2) is 8.42 Å². The SMILES string of the molecule is CN(CC1CC(O)C1)S(=O)(=O)c1ccc(C(N)=S)s1. The van der Waals surface area contributed by atoms with Crippen LogP contribution in [0.2, 0.25) is 0 Å². The molecule has 1 fully saturated rings. The van der Waals surface area contributed by atoms with Gasteiger partial charge in [0.05, 0.1) is 11.0 Å². The number of aliphatic hydroxyl groups is 1. The predicted molar refractivity (Wildman–Crippen MR) is 78.8 cm³/mol. The molecular formula is C11H16N2O3S3. The zero-order chi connectivity index (χ0) is 14.2. The summed E-state index contributed by atoms with van der Waals surface area (Å²) in [6, 6.07) is 3.15. The number of thiophene rings is 1. The monoisotopic (exact) mass is 320 g/mol. The fourth-order valence-electron chi connectivity index (χ4n) is 2.06. The molecule has 3 N–H and O–H groups in total. The minimum Gasteiger partial charge on any atom is -0.393 e. The van der Waals surface area contributed by atoms with Gasteiger partial charge in [0, 0.05) is 13.6 Å². The minimum atomic E-state index is -3.49. The Hall–Kier alpha value is -0.540. The standard InChI is InChI=1S/C11H16N2O3S3/c1-13(6-7-4-8(14)5-7)19(15,16)10-3-2-9(18-10)11(12)17/h2-3,7-8,14H,4-6H2,1H3,(H2,12,17). The van der Waals surface area contributed by atoms with Gasteiger partial charge in [-0.15, -0.1) is 11.3 Å². The van der Waals surface area contributed by atoms with Crippen LogP contribution in [-0.2, 0) is 10.0 Å². The smallest absolute Gasteiger partial charge is 0.252 e. The van der Waals surface area contributed by atoms with Crippen LogP contribution in [0.5, 0.6) is 0 Å². The first-order chi connectivity index (χ1) is 8.80. The Bertz CT molecular complexity index is 576. The summed E-state index contributed by atoms with van der Waals surface area (Å²) >= 11 is 5.91. The second kappa shape index (κ2) is 5.45. The molecule has 5 nitrogen and oxygen atoms in total. The molecule has 0 unspecified atom stereocenters. The van der Waals surface area contributed by atoms with Crippen LogP contribution in [0.25, 0.3) is 0 Å². The van der Waals surface area contributed by atoms with Crippen molar-refractivity contribution in [3.63, 3.8) is 0 Å². The van der Waals surface area contributed by atoms with E-state index in [9.17, 15) is 13.5 Å². The van der Waals surface area contributed by atoms with Gasteiger partial charge in [-0.3, -0.25) is 0 Å². The maximum atomic E-state index is 12.3. The van der Waals surface area contributed by atoms with E-state index < -0.39 is 10.0 Å². The first-order valence-corrected chi connectivity index (χ1v) is 8.51. The average molecular weight is 320 g/mol. The minimum absolute atomic E-state index is 0.205. The van der Waals surface area contributed by atoms with Gasteiger partial charge in [-0.05, 0) is 30.9 Å². The Balaban J connectivity index is 2.09. The normalized spacial score (nSPS) is 23.3. The second-order valence-electron chi connectivity index (χ2n) is 4.76. The lowest BCUT2D eigenvalue weighted by Crippen LogP contribution is -2.39. The summed E-state index contributed by atoms with van der Waals surface area (Å²) in [4.78, 5) is 0.803. The topological polar surface area (TPSA) is 83.6 Å². The van der Waals surface area contributed by atoms with Crippen molar-refractivity contribution in [1.29, 1.82) is 0 Å². The highest BCUT2D eigenvalue weighted by Crippen LogP contribution is 2.30. The molecule has 1 saturated carbocycles. The van der Waals surface area contributed by atoms with Crippen LogP contribution >= 0.6 is 23.6 Å². The van der Waals surface area contributed by atoms with Crippen molar-refractivity contribution in [3.05, 3.63) is 17.0 Å². The summed E-state index contributed by atoms with van der Waals surface area (Å²) in [5.41, 5.74) is 5.48. The summed E-state index contributed by atoms with van der Waals surface area (Å²) in [6.07, 6.45) is 1.06. The van der Waals surface area contributed by atoms with Crippen LogP contribution in [0.15, 0.2) is 16.3 Å². The highest BCUT2D eigenvalue weighted by Gasteiger charge is 2.32. The third-order valence-electron chi connectivity index (χ3n) is 3.21. The van der Waals surface area contributed by atoms with Crippen LogP contribution in [0, 0.1) is 5.92 Å². The van der Waals surface area contributed by atoms with Crippen LogP contribution in [0.3, 0.4) is 0 Å². The average Bonchev–Trinajstić information content (AvgIpc) is 2.76. The molecule has 0 aliphatic heterocycles. The van der Waals surface area contributed by atoms with Crippen molar-refractivity contribution in [2.24, 2.45) is 11.7 Å². The van der Waals surface area contributed by atoms with E-state index in [0.717, 1.165) is 11.3 Å². The molecule has 8 heteroatoms. The number of nitrogens with two attached hydrogens (primary N) is 1. The van der Waals surface area contributed by atoms with Crippen LogP contribution in [0.4, 0.5) is 0 Å². The molecule has 0 bridgehead atoms. The second-order valence-corrected chi connectivity index (χ2v) is 8.56. The molecule has 0 aromatic carbocycles. The summed E-state index contributed by atoms with van der Waals surface area (Å²) in [5.74, 6) is 0.241. The number of hydrogen-bond acceptors (Lipinski definition) is 5. The first kappa shape index (κ1) is 14.9. The molecule has 0 radical (unpaired) electrons. The Labute approximate surface area is 122 Å². The first-order valence-electron chi connectivity index (χ1n) is 5.84. The van der Waals surface area contributed by atoms with Crippen molar-refractivity contribution in [1.82, 2.24) is 4.31 Å². The quantitative estimate of drug-likeness (QED) is 0.783. The Morgan fingerprint density at radius 2 is 2.21 bits per heavy atom. The lowest BCUT2D eigenvalue weighted by molar-refractivity contribution is 0.0367. The Morgan fingerprint density at radius 3 is 2.68 bits per heavy atom. The maximum Gasteiger partial charge on any atom is 0.252 e. The van der Waals surface area contributed by atoms with Crippen LogP contribution < -0.4 is 5.73 Å². The van der Waals surface area contributed by atoms with Crippen LogP contribution in [-0.4, -0.2) is 42.5 Å². The third-order valence-corrected chi connectivity index (χ3v) is 6.97. The van der Waals surface area contributed by atoms with Gasteiger partial charge >= 0.3 is 0 Å². The molecule has 0 spiro atoms. The molecule has 0 amide bonds.